The quantitative estimate of drug-likeness (QED) is 0.759. The number of ether oxygens (including phenoxy) is 1. The van der Waals surface area contributed by atoms with E-state index in [4.69, 9.17) is 4.74 Å². The molecule has 1 saturated heterocycles. The van der Waals surface area contributed by atoms with E-state index in [0.717, 1.165) is 0 Å². The highest BCUT2D eigenvalue weighted by molar-refractivity contribution is 7.90. The van der Waals surface area contributed by atoms with E-state index in [1.54, 1.807) is 0 Å². The Labute approximate surface area is 91.6 Å². The number of nitrogens with one attached hydrogen (secondary N) is 1. The van der Waals surface area contributed by atoms with Gasteiger partial charge in [0.25, 0.3) is 0 Å². The fraction of sp³-hybridized carbons (Fsp3) is 1.00. The number of hydrogen-bond acceptors (Lipinski definition) is 4. The van der Waals surface area contributed by atoms with Crippen molar-refractivity contribution in [1.29, 1.82) is 0 Å². The SMILES string of the molecule is O=S(=O)(NCCN1CCOCC1)C(F)(F)F. The summed E-state index contributed by atoms with van der Waals surface area (Å²) in [7, 11) is -5.21. The highest BCUT2D eigenvalue weighted by Gasteiger charge is 2.45. The molecule has 1 heterocycles. The van der Waals surface area contributed by atoms with Gasteiger partial charge in [0.2, 0.25) is 0 Å². The molecule has 0 spiro atoms. The number of halogens is 3. The van der Waals surface area contributed by atoms with Gasteiger partial charge < -0.3 is 4.74 Å². The van der Waals surface area contributed by atoms with Crippen LogP contribution in [0.5, 0.6) is 0 Å². The lowest BCUT2D eigenvalue weighted by Gasteiger charge is -2.26. The Kier molecular flexibility index (Phi) is 4.53. The minimum atomic E-state index is -5.24. The number of rotatable bonds is 4. The Morgan fingerprint density at radius 3 is 2.31 bits per heavy atom. The minimum absolute atomic E-state index is 0.248. The first-order valence-electron chi connectivity index (χ1n) is 4.69. The molecule has 0 radical (unpaired) electrons. The molecule has 0 amide bonds. The predicted octanol–water partition coefficient (Wildman–Crippen LogP) is -0.242. The predicted molar refractivity (Wildman–Crippen MR) is 50.2 cm³/mol. The molecule has 0 saturated carbocycles. The first kappa shape index (κ1) is 13.7. The lowest BCUT2D eigenvalue weighted by molar-refractivity contribution is -0.0448. The van der Waals surface area contributed by atoms with Crippen LogP contribution in [-0.2, 0) is 14.8 Å². The van der Waals surface area contributed by atoms with Gasteiger partial charge in [-0.25, -0.2) is 13.1 Å². The summed E-state index contributed by atoms with van der Waals surface area (Å²) in [6.45, 7) is 2.25. The number of alkyl halides is 3. The van der Waals surface area contributed by atoms with E-state index >= 15 is 0 Å². The molecule has 1 aliphatic heterocycles. The van der Waals surface area contributed by atoms with Crippen molar-refractivity contribution >= 4 is 10.0 Å². The third-order valence-electron chi connectivity index (χ3n) is 2.13. The highest BCUT2D eigenvalue weighted by atomic mass is 32.2. The molecule has 0 bridgehead atoms. The third kappa shape index (κ3) is 3.89. The molecule has 5 nitrogen and oxygen atoms in total. The number of nitrogens with zero attached hydrogens (tertiary/aromatic N) is 1. The van der Waals surface area contributed by atoms with Crippen LogP contribution in [0.4, 0.5) is 13.2 Å². The summed E-state index contributed by atoms with van der Waals surface area (Å²) >= 11 is 0. The molecule has 1 N–H and O–H groups in total. The Morgan fingerprint density at radius 1 is 1.25 bits per heavy atom. The molecule has 1 aliphatic rings. The molecule has 0 unspecified atom stereocenters. The molecule has 0 aromatic carbocycles. The van der Waals surface area contributed by atoms with Crippen molar-refractivity contribution in [2.24, 2.45) is 0 Å². The van der Waals surface area contributed by atoms with Crippen LogP contribution < -0.4 is 4.72 Å². The fourth-order valence-corrected chi connectivity index (χ4v) is 1.77. The summed E-state index contributed by atoms with van der Waals surface area (Å²) in [5.74, 6) is 0. The van der Waals surface area contributed by atoms with Crippen molar-refractivity contribution in [2.45, 2.75) is 5.51 Å². The maximum atomic E-state index is 11.9. The van der Waals surface area contributed by atoms with Crippen LogP contribution in [-0.4, -0.2) is 58.2 Å². The van der Waals surface area contributed by atoms with Crippen molar-refractivity contribution in [3.63, 3.8) is 0 Å². The monoisotopic (exact) mass is 262 g/mol. The second-order valence-corrected chi connectivity index (χ2v) is 5.06. The molecule has 0 aliphatic carbocycles. The van der Waals surface area contributed by atoms with E-state index in [9.17, 15) is 21.6 Å². The first-order chi connectivity index (χ1) is 7.33. The highest BCUT2D eigenvalue weighted by Crippen LogP contribution is 2.21. The van der Waals surface area contributed by atoms with Gasteiger partial charge in [-0.15, -0.1) is 0 Å². The summed E-state index contributed by atoms with van der Waals surface area (Å²) < 4.78 is 63.5. The van der Waals surface area contributed by atoms with Gasteiger partial charge in [0.15, 0.2) is 0 Å². The van der Waals surface area contributed by atoms with Crippen molar-refractivity contribution in [3.05, 3.63) is 0 Å². The Bertz CT molecular complexity index is 311. The van der Waals surface area contributed by atoms with Gasteiger partial charge in [-0.05, 0) is 0 Å². The number of morpholine rings is 1. The summed E-state index contributed by atoms with van der Waals surface area (Å²) in [5, 5.41) is 0. The van der Waals surface area contributed by atoms with E-state index < -0.39 is 15.5 Å². The second-order valence-electron chi connectivity index (χ2n) is 3.30. The number of sulfonamides is 1. The van der Waals surface area contributed by atoms with Crippen LogP contribution in [0.15, 0.2) is 0 Å². The van der Waals surface area contributed by atoms with Crippen molar-refractivity contribution in [2.75, 3.05) is 39.4 Å². The van der Waals surface area contributed by atoms with E-state index in [1.165, 1.54) is 4.72 Å². The molecular formula is C7H13F3N2O3S. The molecule has 0 aromatic rings. The maximum absolute atomic E-state index is 11.9. The lowest BCUT2D eigenvalue weighted by Crippen LogP contribution is -2.44. The van der Waals surface area contributed by atoms with Crippen LogP contribution in [0.25, 0.3) is 0 Å². The first-order valence-corrected chi connectivity index (χ1v) is 6.17. The average Bonchev–Trinajstić information content (AvgIpc) is 2.17. The summed E-state index contributed by atoms with van der Waals surface area (Å²) in [6, 6.07) is 0. The van der Waals surface area contributed by atoms with Crippen LogP contribution in [0.3, 0.4) is 0 Å². The summed E-state index contributed by atoms with van der Waals surface area (Å²) in [4.78, 5) is 1.84. The molecule has 1 rings (SSSR count). The van der Waals surface area contributed by atoms with Crippen LogP contribution >= 0.6 is 0 Å². The van der Waals surface area contributed by atoms with Gasteiger partial charge in [0.05, 0.1) is 13.2 Å². The smallest absolute Gasteiger partial charge is 0.379 e. The summed E-state index contributed by atoms with van der Waals surface area (Å²) in [5.41, 5.74) is -5.24. The van der Waals surface area contributed by atoms with Crippen molar-refractivity contribution in [1.82, 2.24) is 9.62 Å². The van der Waals surface area contributed by atoms with Gasteiger partial charge in [-0.2, -0.15) is 13.2 Å². The van der Waals surface area contributed by atoms with Crippen molar-refractivity contribution < 1.29 is 26.3 Å². The Morgan fingerprint density at radius 2 is 1.81 bits per heavy atom. The lowest BCUT2D eigenvalue weighted by atomic mass is 10.4. The Balaban J connectivity index is 2.29. The zero-order valence-electron chi connectivity index (χ0n) is 8.46. The molecule has 0 aromatic heterocycles. The molecular weight excluding hydrogens is 249 g/mol. The maximum Gasteiger partial charge on any atom is 0.511 e. The van der Waals surface area contributed by atoms with Gasteiger partial charge in [-0.3, -0.25) is 4.90 Å². The topological polar surface area (TPSA) is 58.6 Å². The summed E-state index contributed by atoms with van der Waals surface area (Å²) in [6.07, 6.45) is 0. The minimum Gasteiger partial charge on any atom is -0.379 e. The number of hydrogen-bond donors (Lipinski definition) is 1. The Hall–Kier alpha value is -0.380. The normalized spacial score (nSPS) is 19.9. The van der Waals surface area contributed by atoms with Gasteiger partial charge in [0.1, 0.15) is 0 Å². The molecule has 9 heteroatoms. The van der Waals surface area contributed by atoms with Gasteiger partial charge in [0, 0.05) is 26.2 Å². The largest absolute Gasteiger partial charge is 0.511 e. The zero-order chi connectivity index (χ0) is 12.2. The molecule has 1 fully saturated rings. The molecule has 96 valence electrons. The standard InChI is InChI=1S/C7H13F3N2O3S/c8-7(9,10)16(13,14)11-1-2-12-3-5-15-6-4-12/h11H,1-6H2. The van der Waals surface area contributed by atoms with Gasteiger partial charge in [-0.1, -0.05) is 0 Å². The molecule has 0 atom stereocenters. The van der Waals surface area contributed by atoms with E-state index in [2.05, 4.69) is 0 Å². The van der Waals surface area contributed by atoms with E-state index in [-0.39, 0.29) is 13.1 Å². The third-order valence-corrected chi connectivity index (χ3v) is 3.32. The van der Waals surface area contributed by atoms with Crippen molar-refractivity contribution in [3.8, 4) is 0 Å². The van der Waals surface area contributed by atoms with Crippen LogP contribution in [0, 0.1) is 0 Å². The second kappa shape index (κ2) is 5.30. The average molecular weight is 262 g/mol. The van der Waals surface area contributed by atoms with Crippen LogP contribution in [0.2, 0.25) is 0 Å². The van der Waals surface area contributed by atoms with Gasteiger partial charge >= 0.3 is 15.5 Å². The molecule has 16 heavy (non-hydrogen) atoms. The fourth-order valence-electron chi connectivity index (χ4n) is 1.24. The van der Waals surface area contributed by atoms with E-state index in [0.29, 0.717) is 26.3 Å². The van der Waals surface area contributed by atoms with E-state index in [1.807, 2.05) is 4.90 Å². The zero-order valence-corrected chi connectivity index (χ0v) is 9.27. The van der Waals surface area contributed by atoms with Crippen LogP contribution in [0.1, 0.15) is 0 Å².